The van der Waals surface area contributed by atoms with Crippen molar-refractivity contribution < 1.29 is 4.74 Å². The second-order valence-electron chi connectivity index (χ2n) is 5.26. The molecule has 2 unspecified atom stereocenters. The number of hydrogen-bond acceptors (Lipinski definition) is 3. The van der Waals surface area contributed by atoms with Crippen molar-refractivity contribution in [2.45, 2.75) is 37.8 Å². The topological polar surface area (TPSA) is 45.0 Å². The Balaban J connectivity index is 1.93. The maximum Gasteiger partial charge on any atom is 0.108 e. The van der Waals surface area contributed by atoms with Gasteiger partial charge in [0, 0.05) is 24.0 Å². The lowest BCUT2D eigenvalue weighted by Gasteiger charge is -2.25. The van der Waals surface area contributed by atoms with Crippen LogP contribution in [0.1, 0.15) is 25.3 Å². The smallest absolute Gasteiger partial charge is 0.108 e. The van der Waals surface area contributed by atoms with Crippen LogP contribution in [0.5, 0.6) is 0 Å². The molecular formula is C15H19BrN2O. The molecule has 0 spiro atoms. The van der Waals surface area contributed by atoms with Crippen LogP contribution in [0.15, 0.2) is 28.7 Å². The predicted octanol–water partition coefficient (Wildman–Crippen LogP) is 3.04. The van der Waals surface area contributed by atoms with E-state index in [9.17, 15) is 5.26 Å². The summed E-state index contributed by atoms with van der Waals surface area (Å²) in [5, 5.41) is 12.8. The third kappa shape index (κ3) is 4.31. The van der Waals surface area contributed by atoms with Crippen LogP contribution in [0.25, 0.3) is 0 Å². The molecule has 1 aliphatic rings. The first-order chi connectivity index (χ1) is 9.11. The van der Waals surface area contributed by atoms with Gasteiger partial charge in [0.15, 0.2) is 0 Å². The van der Waals surface area contributed by atoms with Crippen LogP contribution in [0.4, 0.5) is 0 Å². The number of rotatable bonds is 5. The zero-order valence-electron chi connectivity index (χ0n) is 11.2. The minimum absolute atomic E-state index is 0.262. The van der Waals surface area contributed by atoms with E-state index in [0.717, 1.165) is 36.0 Å². The van der Waals surface area contributed by atoms with Gasteiger partial charge in [0.25, 0.3) is 0 Å². The third-order valence-electron chi connectivity index (χ3n) is 3.46. The molecule has 0 saturated carbocycles. The van der Waals surface area contributed by atoms with Crippen LogP contribution in [-0.4, -0.2) is 24.8 Å². The Labute approximate surface area is 123 Å². The largest absolute Gasteiger partial charge is 0.377 e. The minimum atomic E-state index is -0.542. The molecule has 1 N–H and O–H groups in total. The molecule has 0 amide bonds. The summed E-state index contributed by atoms with van der Waals surface area (Å²) in [7, 11) is 0. The maximum atomic E-state index is 9.41. The van der Waals surface area contributed by atoms with Crippen LogP contribution in [-0.2, 0) is 11.2 Å². The summed E-state index contributed by atoms with van der Waals surface area (Å²) < 4.78 is 6.64. The monoisotopic (exact) mass is 322 g/mol. The van der Waals surface area contributed by atoms with Crippen LogP contribution in [0.2, 0.25) is 0 Å². The summed E-state index contributed by atoms with van der Waals surface area (Å²) in [5.41, 5.74) is 0.617. The molecule has 0 radical (unpaired) electrons. The quantitative estimate of drug-likeness (QED) is 0.906. The lowest BCUT2D eigenvalue weighted by molar-refractivity contribution is 0.105. The average molecular weight is 323 g/mol. The van der Waals surface area contributed by atoms with Crippen molar-refractivity contribution in [3.63, 3.8) is 0 Å². The van der Waals surface area contributed by atoms with E-state index in [1.807, 2.05) is 31.2 Å². The van der Waals surface area contributed by atoms with Crippen LogP contribution in [0.3, 0.4) is 0 Å². The van der Waals surface area contributed by atoms with E-state index in [4.69, 9.17) is 4.74 Å². The first-order valence-corrected chi connectivity index (χ1v) is 7.43. The van der Waals surface area contributed by atoms with Crippen LogP contribution < -0.4 is 5.32 Å². The van der Waals surface area contributed by atoms with Gasteiger partial charge in [-0.25, -0.2) is 0 Å². The first-order valence-electron chi connectivity index (χ1n) is 6.64. The highest BCUT2D eigenvalue weighted by molar-refractivity contribution is 9.10. The van der Waals surface area contributed by atoms with Crippen molar-refractivity contribution in [1.82, 2.24) is 5.32 Å². The average Bonchev–Trinajstić information content (AvgIpc) is 2.93. The Morgan fingerprint density at radius 2 is 2.21 bits per heavy atom. The summed E-state index contributed by atoms with van der Waals surface area (Å²) in [6.07, 6.45) is 3.18. The molecule has 2 rings (SSSR count). The number of hydrogen-bond donors (Lipinski definition) is 1. The zero-order valence-corrected chi connectivity index (χ0v) is 12.7. The number of nitriles is 1. The van der Waals surface area contributed by atoms with Gasteiger partial charge in [-0.05, 0) is 37.5 Å². The molecule has 0 aliphatic carbocycles. The molecule has 2 atom stereocenters. The molecule has 0 aromatic heterocycles. The van der Waals surface area contributed by atoms with Crippen molar-refractivity contribution in [3.8, 4) is 6.07 Å². The number of ether oxygens (including phenoxy) is 1. The van der Waals surface area contributed by atoms with Crippen molar-refractivity contribution in [2.75, 3.05) is 13.2 Å². The normalized spacial score (nSPS) is 21.8. The molecule has 1 aliphatic heterocycles. The fourth-order valence-electron chi connectivity index (χ4n) is 2.30. The highest BCUT2D eigenvalue weighted by Gasteiger charge is 2.26. The number of nitrogens with zero attached hydrogens (tertiary/aromatic N) is 1. The Morgan fingerprint density at radius 1 is 1.47 bits per heavy atom. The molecule has 1 heterocycles. The van der Waals surface area contributed by atoms with Crippen molar-refractivity contribution >= 4 is 15.9 Å². The molecule has 1 aromatic rings. The van der Waals surface area contributed by atoms with E-state index in [1.165, 1.54) is 0 Å². The van der Waals surface area contributed by atoms with Gasteiger partial charge in [0.2, 0.25) is 0 Å². The van der Waals surface area contributed by atoms with Crippen LogP contribution >= 0.6 is 15.9 Å². The molecule has 0 bridgehead atoms. The Morgan fingerprint density at radius 3 is 2.79 bits per heavy atom. The molecule has 4 heteroatoms. The molecule has 3 nitrogen and oxygen atoms in total. The first kappa shape index (κ1) is 14.5. The summed E-state index contributed by atoms with van der Waals surface area (Å²) in [5.74, 6) is 0. The Kier molecular flexibility index (Phi) is 4.98. The third-order valence-corrected chi connectivity index (χ3v) is 3.99. The molecule has 1 aromatic carbocycles. The maximum absolute atomic E-state index is 9.41. The van der Waals surface area contributed by atoms with E-state index in [1.54, 1.807) is 0 Å². The molecule has 1 saturated heterocycles. The molecular weight excluding hydrogens is 304 g/mol. The van der Waals surface area contributed by atoms with Crippen molar-refractivity contribution in [2.24, 2.45) is 0 Å². The fourth-order valence-corrected chi connectivity index (χ4v) is 2.56. The van der Waals surface area contributed by atoms with Crippen molar-refractivity contribution in [3.05, 3.63) is 34.3 Å². The van der Waals surface area contributed by atoms with Gasteiger partial charge in [-0.15, -0.1) is 0 Å². The van der Waals surface area contributed by atoms with Gasteiger partial charge >= 0.3 is 0 Å². The Bertz CT molecular complexity index is 448. The lowest BCUT2D eigenvalue weighted by atomic mass is 9.94. The number of benzene rings is 1. The predicted molar refractivity (Wildman–Crippen MR) is 78.8 cm³/mol. The highest BCUT2D eigenvalue weighted by atomic mass is 79.9. The van der Waals surface area contributed by atoms with Gasteiger partial charge in [-0.3, -0.25) is 5.32 Å². The molecule has 102 valence electrons. The van der Waals surface area contributed by atoms with Crippen molar-refractivity contribution in [1.29, 1.82) is 5.26 Å². The van der Waals surface area contributed by atoms with Gasteiger partial charge < -0.3 is 4.74 Å². The van der Waals surface area contributed by atoms with E-state index < -0.39 is 5.54 Å². The Hall–Kier alpha value is -0.890. The summed E-state index contributed by atoms with van der Waals surface area (Å²) >= 11 is 3.42. The van der Waals surface area contributed by atoms with E-state index in [2.05, 4.69) is 27.3 Å². The highest BCUT2D eigenvalue weighted by Crippen LogP contribution is 2.17. The molecule has 1 fully saturated rings. The van der Waals surface area contributed by atoms with Crippen LogP contribution in [0, 0.1) is 11.3 Å². The van der Waals surface area contributed by atoms with Gasteiger partial charge in [-0.2, -0.15) is 5.26 Å². The van der Waals surface area contributed by atoms with E-state index in [0.29, 0.717) is 6.42 Å². The lowest BCUT2D eigenvalue weighted by Crippen LogP contribution is -2.46. The summed E-state index contributed by atoms with van der Waals surface area (Å²) in [4.78, 5) is 0. The van der Waals surface area contributed by atoms with Gasteiger partial charge in [-0.1, -0.05) is 28.1 Å². The van der Waals surface area contributed by atoms with E-state index in [-0.39, 0.29) is 6.10 Å². The van der Waals surface area contributed by atoms with E-state index >= 15 is 0 Å². The second-order valence-corrected chi connectivity index (χ2v) is 6.18. The fraction of sp³-hybridized carbons (Fsp3) is 0.533. The summed E-state index contributed by atoms with van der Waals surface area (Å²) in [6.45, 7) is 3.55. The standard InChI is InChI=1S/C15H19BrN2O/c1-15(11-17,18-10-14-3-2-8-19-14)9-12-4-6-13(16)7-5-12/h4-7,14,18H,2-3,8-10H2,1H3. The van der Waals surface area contributed by atoms with Gasteiger partial charge in [0.1, 0.15) is 5.54 Å². The summed E-state index contributed by atoms with van der Waals surface area (Å²) in [6, 6.07) is 10.5. The SMILES string of the molecule is CC(C#N)(Cc1ccc(Br)cc1)NCC1CCCO1. The molecule has 19 heavy (non-hydrogen) atoms. The second kappa shape index (κ2) is 6.51. The number of halogens is 1. The number of nitrogens with one attached hydrogen (secondary N) is 1. The minimum Gasteiger partial charge on any atom is -0.377 e. The zero-order chi connectivity index (χ0) is 13.7. The van der Waals surface area contributed by atoms with Gasteiger partial charge in [0.05, 0.1) is 12.2 Å².